The lowest BCUT2D eigenvalue weighted by molar-refractivity contribution is -0.156. The van der Waals surface area contributed by atoms with E-state index in [0.29, 0.717) is 0 Å². The summed E-state index contributed by atoms with van der Waals surface area (Å²) >= 11 is 0. The molecule has 0 aromatic heterocycles. The van der Waals surface area contributed by atoms with Crippen molar-refractivity contribution in [3.8, 4) is 0 Å². The topological polar surface area (TPSA) is 116 Å². The quantitative estimate of drug-likeness (QED) is 0.386. The number of carboxylic acid groups (broad SMARTS) is 1. The molecule has 0 spiro atoms. The summed E-state index contributed by atoms with van der Waals surface area (Å²) in [5.74, 6) is -2.02. The van der Waals surface area contributed by atoms with Crippen LogP contribution in [0.2, 0.25) is 0 Å². The lowest BCUT2D eigenvalue weighted by Crippen LogP contribution is -2.62. The van der Waals surface area contributed by atoms with Crippen LogP contribution < -0.4 is 5.32 Å². The van der Waals surface area contributed by atoms with Crippen molar-refractivity contribution in [3.63, 3.8) is 0 Å². The smallest absolute Gasteiger partial charge is 0.411 e. The molecule has 3 amide bonds. The van der Waals surface area contributed by atoms with Crippen molar-refractivity contribution in [2.24, 2.45) is 16.7 Å². The summed E-state index contributed by atoms with van der Waals surface area (Å²) in [5.41, 5.74) is -2.31. The Kier molecular flexibility index (Phi) is 11.6. The number of hydrogen-bond donors (Lipinski definition) is 2. The predicted molar refractivity (Wildman–Crippen MR) is 146 cm³/mol. The summed E-state index contributed by atoms with van der Waals surface area (Å²) < 4.78 is 5.18. The monoisotopic (exact) mass is 523 g/mol. The zero-order valence-electron chi connectivity index (χ0n) is 25.1. The van der Waals surface area contributed by atoms with Crippen molar-refractivity contribution in [1.82, 2.24) is 15.1 Å². The van der Waals surface area contributed by atoms with Gasteiger partial charge in [-0.3, -0.25) is 14.5 Å². The highest BCUT2D eigenvalue weighted by Gasteiger charge is 2.45. The first-order valence-electron chi connectivity index (χ1n) is 12.6. The average Bonchev–Trinajstić information content (AvgIpc) is 2.73. The fourth-order valence-electron chi connectivity index (χ4n) is 3.88. The Balaban J connectivity index is 6.36. The van der Waals surface area contributed by atoms with Gasteiger partial charge >= 0.3 is 12.1 Å². The number of aliphatic carboxylic acids is 1. The molecule has 0 aromatic carbocycles. The van der Waals surface area contributed by atoms with Gasteiger partial charge < -0.3 is 20.1 Å². The maximum atomic E-state index is 13.8. The number of hydrogen-bond acceptors (Lipinski definition) is 5. The Morgan fingerprint density at radius 3 is 1.78 bits per heavy atom. The molecule has 0 saturated heterocycles. The van der Waals surface area contributed by atoms with E-state index < -0.39 is 46.5 Å². The molecule has 3 atom stereocenters. The Morgan fingerprint density at radius 1 is 0.946 bits per heavy atom. The van der Waals surface area contributed by atoms with E-state index in [9.17, 15) is 24.3 Å². The average molecular weight is 524 g/mol. The number of amides is 3. The van der Waals surface area contributed by atoms with Gasteiger partial charge in [-0.15, -0.1) is 6.58 Å². The van der Waals surface area contributed by atoms with Gasteiger partial charge in [0.05, 0.1) is 6.04 Å². The molecule has 0 saturated carbocycles. The van der Waals surface area contributed by atoms with E-state index in [4.69, 9.17) is 4.74 Å². The molecule has 0 fully saturated rings. The number of nitrogens with zero attached hydrogens (tertiary/aromatic N) is 2. The zero-order valence-corrected chi connectivity index (χ0v) is 25.1. The lowest BCUT2D eigenvalue weighted by atomic mass is 9.81. The predicted octanol–water partition coefficient (Wildman–Crippen LogP) is 4.48. The molecular formula is C28H49N3O6. The Morgan fingerprint density at radius 2 is 1.43 bits per heavy atom. The van der Waals surface area contributed by atoms with Crippen molar-refractivity contribution in [2.75, 3.05) is 14.1 Å². The van der Waals surface area contributed by atoms with Gasteiger partial charge in [0.15, 0.2) is 0 Å². The summed E-state index contributed by atoms with van der Waals surface area (Å²) in [6.07, 6.45) is 2.58. The Labute approximate surface area is 223 Å². The van der Waals surface area contributed by atoms with E-state index >= 15 is 0 Å². The zero-order chi connectivity index (χ0) is 29.7. The molecule has 0 radical (unpaired) electrons. The largest absolute Gasteiger partial charge is 0.478 e. The van der Waals surface area contributed by atoms with Crippen LogP contribution in [-0.2, 0) is 19.1 Å². The first-order chi connectivity index (χ1) is 16.5. The van der Waals surface area contributed by atoms with Gasteiger partial charge in [0.1, 0.15) is 12.1 Å². The highest BCUT2D eigenvalue weighted by molar-refractivity contribution is 5.93. The molecule has 0 bridgehead atoms. The van der Waals surface area contributed by atoms with E-state index in [-0.39, 0.29) is 17.9 Å². The summed E-state index contributed by atoms with van der Waals surface area (Å²) in [6.45, 7) is 23.3. The number of carbonyl (C=O) groups is 4. The molecule has 0 aliphatic heterocycles. The van der Waals surface area contributed by atoms with Gasteiger partial charge in [-0.25, -0.2) is 9.59 Å². The molecule has 37 heavy (non-hydrogen) atoms. The van der Waals surface area contributed by atoms with E-state index in [1.165, 1.54) is 27.0 Å². The number of rotatable bonds is 11. The summed E-state index contributed by atoms with van der Waals surface area (Å²) in [5, 5.41) is 12.2. The second-order valence-electron chi connectivity index (χ2n) is 12.5. The highest BCUT2D eigenvalue weighted by atomic mass is 16.6. The van der Waals surface area contributed by atoms with E-state index in [2.05, 4.69) is 11.9 Å². The standard InChI is InChI=1S/C28H49N3O6/c1-15-27(9,10)21(31(14)25(36)37-28(11,12)24(34)35)22(32)29-20(26(6,7)8)23(33)30(13)19(18(4)5)16-17(2)3/h15-16,18-21H,1H2,2-14H3,(H,29,32)(H,34,35)/t19-,20-,21?/m1/s1. The number of ether oxygens (including phenoxy) is 1. The molecule has 9 nitrogen and oxygen atoms in total. The molecule has 9 heteroatoms. The fourth-order valence-corrected chi connectivity index (χ4v) is 3.88. The van der Waals surface area contributed by atoms with Gasteiger partial charge in [0.25, 0.3) is 0 Å². The summed E-state index contributed by atoms with van der Waals surface area (Å²) in [7, 11) is 3.08. The molecular weight excluding hydrogens is 474 g/mol. The second kappa shape index (κ2) is 12.6. The maximum absolute atomic E-state index is 13.8. The third-order valence-electron chi connectivity index (χ3n) is 6.39. The second-order valence-corrected chi connectivity index (χ2v) is 12.5. The molecule has 212 valence electrons. The number of nitrogens with one attached hydrogen (secondary N) is 1. The number of likely N-dealkylation sites (N-methyl/N-ethyl adjacent to an activating group) is 2. The third-order valence-corrected chi connectivity index (χ3v) is 6.39. The van der Waals surface area contributed by atoms with Crippen molar-refractivity contribution in [1.29, 1.82) is 0 Å². The minimum atomic E-state index is -1.80. The summed E-state index contributed by atoms with van der Waals surface area (Å²) in [4.78, 5) is 54.6. The van der Waals surface area contributed by atoms with Crippen molar-refractivity contribution in [2.45, 2.75) is 99.9 Å². The highest BCUT2D eigenvalue weighted by Crippen LogP contribution is 2.29. The third kappa shape index (κ3) is 9.20. The molecule has 1 unspecified atom stereocenters. The maximum Gasteiger partial charge on any atom is 0.411 e. The number of allylic oxidation sites excluding steroid dienone is 1. The Hall–Kier alpha value is -2.84. The van der Waals surface area contributed by atoms with Gasteiger partial charge in [-0.2, -0.15) is 0 Å². The van der Waals surface area contributed by atoms with Crippen LogP contribution in [0.25, 0.3) is 0 Å². The SMILES string of the molecule is C=CC(C)(C)C(C(=O)N[C@H](C(=O)N(C)[C@H](C=C(C)C)C(C)C)C(C)(C)C)N(C)C(=O)OC(C)(C)C(=O)O. The van der Waals surface area contributed by atoms with Crippen LogP contribution in [0.15, 0.2) is 24.3 Å². The van der Waals surface area contributed by atoms with Crippen molar-refractivity contribution < 1.29 is 29.0 Å². The molecule has 2 N–H and O–H groups in total. The normalized spacial score (nSPS) is 14.6. The first-order valence-corrected chi connectivity index (χ1v) is 12.6. The van der Waals surface area contributed by atoms with Gasteiger partial charge in [-0.05, 0) is 39.0 Å². The number of carboxylic acids is 1. The van der Waals surface area contributed by atoms with Gasteiger partial charge in [-0.1, -0.05) is 66.2 Å². The van der Waals surface area contributed by atoms with Crippen molar-refractivity contribution in [3.05, 3.63) is 24.3 Å². The van der Waals surface area contributed by atoms with Gasteiger partial charge in [0, 0.05) is 19.5 Å². The lowest BCUT2D eigenvalue weighted by Gasteiger charge is -2.41. The molecule has 0 aliphatic rings. The Bertz CT molecular complexity index is 894. The van der Waals surface area contributed by atoms with Crippen LogP contribution >= 0.6 is 0 Å². The molecule has 0 heterocycles. The minimum Gasteiger partial charge on any atom is -0.478 e. The minimum absolute atomic E-state index is 0.145. The van der Waals surface area contributed by atoms with Crippen LogP contribution in [0.3, 0.4) is 0 Å². The molecule has 0 aromatic rings. The van der Waals surface area contributed by atoms with E-state index in [1.54, 1.807) is 25.8 Å². The van der Waals surface area contributed by atoms with Crippen molar-refractivity contribution >= 4 is 23.9 Å². The van der Waals surface area contributed by atoms with Gasteiger partial charge in [0.2, 0.25) is 17.4 Å². The van der Waals surface area contributed by atoms with E-state index in [1.807, 2.05) is 54.5 Å². The summed E-state index contributed by atoms with van der Waals surface area (Å²) in [6, 6.07) is -2.21. The first kappa shape index (κ1) is 34.2. The van der Waals surface area contributed by atoms with Crippen LogP contribution in [0.1, 0.15) is 76.2 Å². The van der Waals surface area contributed by atoms with Crippen LogP contribution in [-0.4, -0.2) is 76.6 Å². The molecule has 0 aliphatic carbocycles. The number of carbonyl (C=O) groups excluding carboxylic acids is 3. The fraction of sp³-hybridized carbons (Fsp3) is 0.714. The van der Waals surface area contributed by atoms with Crippen LogP contribution in [0.4, 0.5) is 4.79 Å². The van der Waals surface area contributed by atoms with Crippen LogP contribution in [0.5, 0.6) is 0 Å². The van der Waals surface area contributed by atoms with E-state index in [0.717, 1.165) is 10.5 Å². The van der Waals surface area contributed by atoms with Crippen LogP contribution in [0, 0.1) is 16.7 Å². The molecule has 0 rings (SSSR count).